The standard InChI is InChI=1S/C23H26ClNO5/c1-15(30-18-7-5-6-17(24)12-18)23(26)25-10-8-16(9-11-25)22-20(28-3)13-19(27-2)14-21(22)29-4/h5-8,12-15H,9-11H2,1-4H3/t15-/m1/s1. The summed E-state index contributed by atoms with van der Waals surface area (Å²) < 4.78 is 22.2. The highest BCUT2D eigenvalue weighted by atomic mass is 35.5. The molecule has 0 radical (unpaired) electrons. The number of amides is 1. The van der Waals surface area contributed by atoms with Crippen LogP contribution < -0.4 is 18.9 Å². The van der Waals surface area contributed by atoms with Gasteiger partial charge in [-0.05, 0) is 37.1 Å². The number of nitrogens with zero attached hydrogens (tertiary/aromatic N) is 1. The third-order valence-corrected chi connectivity index (χ3v) is 5.25. The van der Waals surface area contributed by atoms with Gasteiger partial charge >= 0.3 is 0 Å². The first-order valence-electron chi connectivity index (χ1n) is 9.67. The van der Waals surface area contributed by atoms with Gasteiger partial charge in [0.05, 0.1) is 26.9 Å². The molecule has 2 aromatic rings. The summed E-state index contributed by atoms with van der Waals surface area (Å²) in [5, 5.41) is 0.570. The molecule has 1 aliphatic rings. The molecule has 0 aromatic heterocycles. The fourth-order valence-electron chi connectivity index (χ4n) is 3.47. The van der Waals surface area contributed by atoms with Crippen LogP contribution in [0.1, 0.15) is 18.9 Å². The van der Waals surface area contributed by atoms with Gasteiger partial charge in [0.25, 0.3) is 5.91 Å². The number of hydrogen-bond acceptors (Lipinski definition) is 5. The van der Waals surface area contributed by atoms with E-state index >= 15 is 0 Å². The van der Waals surface area contributed by atoms with Crippen LogP contribution in [0.3, 0.4) is 0 Å². The molecule has 0 bridgehead atoms. The van der Waals surface area contributed by atoms with Gasteiger partial charge in [0.1, 0.15) is 23.0 Å². The SMILES string of the molecule is COc1cc(OC)c(C2=CCN(C(=O)[C@@H](C)Oc3cccc(Cl)c3)CC2)c(OC)c1. The third-order valence-electron chi connectivity index (χ3n) is 5.01. The van der Waals surface area contributed by atoms with Crippen LogP contribution in [0.2, 0.25) is 5.02 Å². The average molecular weight is 432 g/mol. The Hall–Kier alpha value is -2.86. The summed E-state index contributed by atoms with van der Waals surface area (Å²) in [6.45, 7) is 2.81. The van der Waals surface area contributed by atoms with E-state index in [0.717, 1.165) is 11.1 Å². The number of halogens is 1. The van der Waals surface area contributed by atoms with Gasteiger partial charge in [-0.25, -0.2) is 0 Å². The number of rotatable bonds is 7. The molecule has 0 fully saturated rings. The molecule has 30 heavy (non-hydrogen) atoms. The van der Waals surface area contributed by atoms with Crippen molar-refractivity contribution in [1.82, 2.24) is 4.90 Å². The average Bonchev–Trinajstić information content (AvgIpc) is 2.77. The van der Waals surface area contributed by atoms with Gasteiger partial charge in [0.15, 0.2) is 6.10 Å². The summed E-state index contributed by atoms with van der Waals surface area (Å²) in [4.78, 5) is 14.6. The smallest absolute Gasteiger partial charge is 0.263 e. The van der Waals surface area contributed by atoms with E-state index in [1.165, 1.54) is 0 Å². The number of benzene rings is 2. The van der Waals surface area contributed by atoms with Crippen LogP contribution in [0.15, 0.2) is 42.5 Å². The van der Waals surface area contributed by atoms with Crippen molar-refractivity contribution in [2.45, 2.75) is 19.4 Å². The normalized spacial score (nSPS) is 14.6. The van der Waals surface area contributed by atoms with E-state index in [4.69, 9.17) is 30.5 Å². The molecule has 1 amide bonds. The Labute approximate surface area is 181 Å². The number of carbonyl (C=O) groups is 1. The van der Waals surface area contributed by atoms with E-state index in [1.807, 2.05) is 18.2 Å². The number of carbonyl (C=O) groups excluding carboxylic acids is 1. The molecule has 0 saturated carbocycles. The third kappa shape index (κ3) is 4.82. The lowest BCUT2D eigenvalue weighted by atomic mass is 9.97. The molecule has 0 saturated heterocycles. The topological polar surface area (TPSA) is 57.2 Å². The van der Waals surface area contributed by atoms with Crippen LogP contribution in [0.5, 0.6) is 23.0 Å². The van der Waals surface area contributed by atoms with Gasteiger partial charge in [-0.1, -0.05) is 23.7 Å². The molecule has 0 unspecified atom stereocenters. The largest absolute Gasteiger partial charge is 0.496 e. The molecule has 3 rings (SSSR count). The van der Waals surface area contributed by atoms with E-state index in [0.29, 0.717) is 47.5 Å². The Kier molecular flexibility index (Phi) is 7.11. The second-order valence-corrected chi connectivity index (χ2v) is 7.32. The van der Waals surface area contributed by atoms with Gasteiger partial charge in [-0.3, -0.25) is 4.79 Å². The minimum atomic E-state index is -0.608. The number of methoxy groups -OCH3 is 3. The second-order valence-electron chi connectivity index (χ2n) is 6.89. The summed E-state index contributed by atoms with van der Waals surface area (Å²) in [5.41, 5.74) is 1.95. The Morgan fingerprint density at radius 2 is 1.73 bits per heavy atom. The first-order chi connectivity index (χ1) is 14.5. The highest BCUT2D eigenvalue weighted by molar-refractivity contribution is 6.30. The number of ether oxygens (including phenoxy) is 4. The molecule has 0 N–H and O–H groups in total. The van der Waals surface area contributed by atoms with Gasteiger partial charge in [0, 0.05) is 30.2 Å². The minimum absolute atomic E-state index is 0.0704. The molecule has 1 heterocycles. The van der Waals surface area contributed by atoms with Crippen molar-refractivity contribution in [1.29, 1.82) is 0 Å². The van der Waals surface area contributed by atoms with Crippen LogP contribution in [0, 0.1) is 0 Å². The van der Waals surface area contributed by atoms with Gasteiger partial charge in [0.2, 0.25) is 0 Å². The van der Waals surface area contributed by atoms with Crippen molar-refractivity contribution in [3.63, 3.8) is 0 Å². The molecule has 0 aliphatic carbocycles. The molecule has 0 spiro atoms. The maximum atomic E-state index is 12.8. The second kappa shape index (κ2) is 9.76. The zero-order valence-corrected chi connectivity index (χ0v) is 18.4. The maximum absolute atomic E-state index is 12.8. The predicted octanol–water partition coefficient (Wildman–Crippen LogP) is 4.45. The zero-order valence-electron chi connectivity index (χ0n) is 17.6. The molecule has 7 heteroatoms. The summed E-state index contributed by atoms with van der Waals surface area (Å²) in [6, 6.07) is 10.7. The first-order valence-corrected chi connectivity index (χ1v) is 10.0. The monoisotopic (exact) mass is 431 g/mol. The lowest BCUT2D eigenvalue weighted by Gasteiger charge is -2.30. The number of hydrogen-bond donors (Lipinski definition) is 0. The van der Waals surface area contributed by atoms with Crippen LogP contribution >= 0.6 is 11.6 Å². The Bertz CT molecular complexity index is 918. The van der Waals surface area contributed by atoms with Crippen molar-refractivity contribution in [2.24, 2.45) is 0 Å². The molecule has 1 aliphatic heterocycles. The molecule has 2 aromatic carbocycles. The Morgan fingerprint density at radius 3 is 2.27 bits per heavy atom. The van der Waals surface area contributed by atoms with Crippen molar-refractivity contribution in [3.05, 3.63) is 53.1 Å². The van der Waals surface area contributed by atoms with E-state index in [2.05, 4.69) is 0 Å². The van der Waals surface area contributed by atoms with Crippen LogP contribution in [-0.4, -0.2) is 51.3 Å². The van der Waals surface area contributed by atoms with Crippen LogP contribution in [0.4, 0.5) is 0 Å². The van der Waals surface area contributed by atoms with E-state index in [1.54, 1.807) is 57.4 Å². The van der Waals surface area contributed by atoms with Crippen LogP contribution in [0.25, 0.3) is 5.57 Å². The summed E-state index contributed by atoms with van der Waals surface area (Å²) in [5.74, 6) is 2.51. The molecular formula is C23H26ClNO5. The predicted molar refractivity (Wildman–Crippen MR) is 117 cm³/mol. The van der Waals surface area contributed by atoms with E-state index in [-0.39, 0.29) is 5.91 Å². The van der Waals surface area contributed by atoms with Crippen molar-refractivity contribution in [3.8, 4) is 23.0 Å². The minimum Gasteiger partial charge on any atom is -0.496 e. The quantitative estimate of drug-likeness (QED) is 0.648. The van der Waals surface area contributed by atoms with Crippen molar-refractivity contribution in [2.75, 3.05) is 34.4 Å². The van der Waals surface area contributed by atoms with Crippen molar-refractivity contribution >= 4 is 23.1 Å². The molecular weight excluding hydrogens is 406 g/mol. The first kappa shape index (κ1) is 21.8. The molecule has 160 valence electrons. The Morgan fingerprint density at radius 1 is 1.03 bits per heavy atom. The fourth-order valence-corrected chi connectivity index (χ4v) is 3.65. The van der Waals surface area contributed by atoms with Gasteiger partial charge in [-0.15, -0.1) is 0 Å². The van der Waals surface area contributed by atoms with Gasteiger partial charge in [-0.2, -0.15) is 0 Å². The maximum Gasteiger partial charge on any atom is 0.263 e. The van der Waals surface area contributed by atoms with E-state index in [9.17, 15) is 4.79 Å². The zero-order chi connectivity index (χ0) is 21.7. The lowest BCUT2D eigenvalue weighted by molar-refractivity contribution is -0.137. The molecule has 6 nitrogen and oxygen atoms in total. The summed E-state index contributed by atoms with van der Waals surface area (Å²) in [7, 11) is 4.83. The van der Waals surface area contributed by atoms with Gasteiger partial charge < -0.3 is 23.8 Å². The Balaban J connectivity index is 1.74. The highest BCUT2D eigenvalue weighted by Gasteiger charge is 2.26. The molecule has 1 atom stereocenters. The highest BCUT2D eigenvalue weighted by Crippen LogP contribution is 2.40. The lowest BCUT2D eigenvalue weighted by Crippen LogP contribution is -2.42. The van der Waals surface area contributed by atoms with Crippen LogP contribution in [-0.2, 0) is 4.79 Å². The van der Waals surface area contributed by atoms with Crippen molar-refractivity contribution < 1.29 is 23.7 Å². The van der Waals surface area contributed by atoms with E-state index < -0.39 is 6.10 Å². The summed E-state index contributed by atoms with van der Waals surface area (Å²) >= 11 is 5.99. The summed E-state index contributed by atoms with van der Waals surface area (Å²) in [6.07, 6.45) is 2.10. The fraction of sp³-hybridized carbons (Fsp3) is 0.348.